The number of hydrazine groups is 1. The number of aromatic hydroxyl groups is 2. The van der Waals surface area contributed by atoms with Crippen LogP contribution in [-0.4, -0.2) is 16.1 Å². The van der Waals surface area contributed by atoms with E-state index in [4.69, 9.17) is 4.42 Å². The predicted octanol–water partition coefficient (Wildman–Crippen LogP) is 3.66. The molecule has 4 aromatic rings. The maximum atomic E-state index is 12.9. The monoisotopic (exact) mass is 404 g/mol. The number of phenolic OH excluding ortho intramolecular Hbond substituents is 2. The molecule has 1 heterocycles. The van der Waals surface area contributed by atoms with Crippen LogP contribution in [0.3, 0.4) is 0 Å². The molecule has 7 nitrogen and oxygen atoms in total. The Bertz CT molecular complexity index is 1360. The molecule has 4 N–H and O–H groups in total. The maximum Gasteiger partial charge on any atom is 0.242 e. The van der Waals surface area contributed by atoms with Crippen LogP contribution in [0.2, 0.25) is 0 Å². The first-order valence-corrected chi connectivity index (χ1v) is 9.36. The van der Waals surface area contributed by atoms with Crippen LogP contribution in [0.5, 0.6) is 11.5 Å². The summed E-state index contributed by atoms with van der Waals surface area (Å²) in [4.78, 5) is 25.4. The first kappa shape index (κ1) is 19.3. The number of nitrogens with one attached hydrogen (secondary N) is 2. The quantitative estimate of drug-likeness (QED) is 0.179. The molecule has 0 saturated carbocycles. The molecule has 0 aliphatic rings. The van der Waals surface area contributed by atoms with E-state index in [1.165, 1.54) is 18.2 Å². The van der Waals surface area contributed by atoms with Crippen LogP contribution in [0, 0.1) is 13.8 Å². The summed E-state index contributed by atoms with van der Waals surface area (Å²) < 4.78 is 6.10. The summed E-state index contributed by atoms with van der Waals surface area (Å²) in [7, 11) is 0. The third kappa shape index (κ3) is 3.41. The molecule has 0 fully saturated rings. The van der Waals surface area contributed by atoms with Crippen LogP contribution in [0.25, 0.3) is 21.9 Å². The first-order chi connectivity index (χ1) is 14.3. The second-order valence-electron chi connectivity index (χ2n) is 7.16. The van der Waals surface area contributed by atoms with Crippen LogP contribution >= 0.6 is 0 Å². The minimum absolute atomic E-state index is 0.0201. The number of hydrogen-bond acceptors (Lipinski definition) is 6. The molecule has 0 saturated heterocycles. The van der Waals surface area contributed by atoms with Crippen molar-refractivity contribution < 1.29 is 19.4 Å². The van der Waals surface area contributed by atoms with Crippen molar-refractivity contribution in [3.63, 3.8) is 0 Å². The van der Waals surface area contributed by atoms with E-state index in [-0.39, 0.29) is 29.3 Å². The molecule has 30 heavy (non-hydrogen) atoms. The Labute approximate surface area is 171 Å². The number of rotatable bonds is 4. The van der Waals surface area contributed by atoms with Gasteiger partial charge in [0, 0.05) is 11.6 Å². The van der Waals surface area contributed by atoms with Crippen LogP contribution in [-0.2, 0) is 11.2 Å². The SMILES string of the molecule is Cc1ccc2c(=O)c3cccc(CC(=O)NNc4ccc(O)c(O)c4)c3oc2c1C. The van der Waals surface area contributed by atoms with E-state index in [0.717, 1.165) is 11.1 Å². The summed E-state index contributed by atoms with van der Waals surface area (Å²) in [5, 5.41) is 19.8. The van der Waals surface area contributed by atoms with Crippen molar-refractivity contribution in [1.82, 2.24) is 5.43 Å². The third-order valence-corrected chi connectivity index (χ3v) is 5.14. The number of carbonyl (C=O) groups excluding carboxylic acids is 1. The van der Waals surface area contributed by atoms with Gasteiger partial charge < -0.3 is 14.6 Å². The van der Waals surface area contributed by atoms with Gasteiger partial charge in [-0.25, -0.2) is 0 Å². The van der Waals surface area contributed by atoms with E-state index in [2.05, 4.69) is 10.9 Å². The van der Waals surface area contributed by atoms with Crippen molar-refractivity contribution in [3.05, 3.63) is 75.4 Å². The Hall–Kier alpha value is -4.00. The van der Waals surface area contributed by atoms with Gasteiger partial charge in [0.1, 0.15) is 11.2 Å². The number of hydrogen-bond donors (Lipinski definition) is 4. The van der Waals surface area contributed by atoms with Crippen molar-refractivity contribution >= 4 is 33.5 Å². The molecule has 0 aliphatic carbocycles. The van der Waals surface area contributed by atoms with E-state index in [1.54, 1.807) is 24.3 Å². The lowest BCUT2D eigenvalue weighted by Crippen LogP contribution is -2.30. The molecule has 0 atom stereocenters. The molecule has 0 bridgehead atoms. The molecule has 0 spiro atoms. The van der Waals surface area contributed by atoms with Crippen LogP contribution < -0.4 is 16.3 Å². The summed E-state index contributed by atoms with van der Waals surface area (Å²) in [6.45, 7) is 3.85. The maximum absolute atomic E-state index is 12.9. The Morgan fingerprint density at radius 3 is 2.50 bits per heavy atom. The molecule has 7 heteroatoms. The fourth-order valence-electron chi connectivity index (χ4n) is 3.33. The fourth-order valence-corrected chi connectivity index (χ4v) is 3.33. The van der Waals surface area contributed by atoms with Crippen molar-refractivity contribution in [1.29, 1.82) is 0 Å². The number of aryl methyl sites for hydroxylation is 2. The van der Waals surface area contributed by atoms with Gasteiger partial charge in [-0.1, -0.05) is 18.2 Å². The molecule has 0 unspecified atom stereocenters. The molecule has 0 aliphatic heterocycles. The fraction of sp³-hybridized carbons (Fsp3) is 0.130. The van der Waals surface area contributed by atoms with Gasteiger partial charge in [0.05, 0.1) is 22.9 Å². The first-order valence-electron chi connectivity index (χ1n) is 9.36. The van der Waals surface area contributed by atoms with E-state index in [0.29, 0.717) is 33.2 Å². The van der Waals surface area contributed by atoms with Gasteiger partial charge in [0.15, 0.2) is 11.5 Å². The van der Waals surface area contributed by atoms with Gasteiger partial charge in [-0.2, -0.15) is 0 Å². The highest BCUT2D eigenvalue weighted by atomic mass is 16.3. The molecule has 1 aromatic heterocycles. The number of carbonyl (C=O) groups is 1. The van der Waals surface area contributed by atoms with E-state index < -0.39 is 0 Å². The smallest absolute Gasteiger partial charge is 0.242 e. The third-order valence-electron chi connectivity index (χ3n) is 5.14. The average Bonchev–Trinajstić information content (AvgIpc) is 2.72. The van der Waals surface area contributed by atoms with Gasteiger partial charge >= 0.3 is 0 Å². The molecular formula is C23H20N2O5. The lowest BCUT2D eigenvalue weighted by Gasteiger charge is -2.11. The number of benzene rings is 3. The van der Waals surface area contributed by atoms with E-state index >= 15 is 0 Å². The zero-order valence-electron chi connectivity index (χ0n) is 16.4. The lowest BCUT2D eigenvalue weighted by molar-refractivity contribution is -0.119. The Kier molecular flexibility index (Phi) is 4.79. The molecule has 152 valence electrons. The van der Waals surface area contributed by atoms with Gasteiger partial charge in [-0.05, 0) is 49.2 Å². The summed E-state index contributed by atoms with van der Waals surface area (Å²) in [5.41, 5.74) is 8.88. The van der Waals surface area contributed by atoms with Crippen molar-refractivity contribution in [2.75, 3.05) is 5.43 Å². The summed E-state index contributed by atoms with van der Waals surface area (Å²) in [5.74, 6) is -0.920. The van der Waals surface area contributed by atoms with Gasteiger partial charge in [-0.3, -0.25) is 20.4 Å². The molecule has 1 amide bonds. The Morgan fingerprint density at radius 1 is 0.967 bits per heavy atom. The minimum Gasteiger partial charge on any atom is -0.504 e. The molecular weight excluding hydrogens is 384 g/mol. The summed E-state index contributed by atoms with van der Waals surface area (Å²) >= 11 is 0. The molecule has 3 aromatic carbocycles. The van der Waals surface area contributed by atoms with Crippen molar-refractivity contribution in [3.8, 4) is 11.5 Å². The highest BCUT2D eigenvalue weighted by molar-refractivity contribution is 5.94. The van der Waals surface area contributed by atoms with Crippen molar-refractivity contribution in [2.24, 2.45) is 0 Å². The number of amides is 1. The topological polar surface area (TPSA) is 112 Å². The second-order valence-corrected chi connectivity index (χ2v) is 7.16. The zero-order chi connectivity index (χ0) is 21.4. The van der Waals surface area contributed by atoms with Crippen LogP contribution in [0.4, 0.5) is 5.69 Å². The number of para-hydroxylation sites is 1. The zero-order valence-corrected chi connectivity index (χ0v) is 16.4. The highest BCUT2D eigenvalue weighted by Gasteiger charge is 2.15. The predicted molar refractivity (Wildman–Crippen MR) is 115 cm³/mol. The van der Waals surface area contributed by atoms with Crippen LogP contribution in [0.15, 0.2) is 57.7 Å². The van der Waals surface area contributed by atoms with Gasteiger partial charge in [0.2, 0.25) is 11.3 Å². The van der Waals surface area contributed by atoms with Crippen LogP contribution in [0.1, 0.15) is 16.7 Å². The summed E-state index contributed by atoms with van der Waals surface area (Å²) in [6.07, 6.45) is -0.0201. The largest absolute Gasteiger partial charge is 0.504 e. The standard InChI is InChI=1S/C23H20N2O5/c1-12-6-8-17-21(29)16-5-3-4-14(23(16)30-22(17)13(12)2)10-20(28)25-24-15-7-9-18(26)19(27)11-15/h3-9,11,24,26-27H,10H2,1-2H3,(H,25,28). The molecule has 4 rings (SSSR count). The van der Waals surface area contributed by atoms with E-state index in [1.807, 2.05) is 19.9 Å². The second kappa shape index (κ2) is 7.44. The number of fused-ring (bicyclic) bond motifs is 2. The lowest BCUT2D eigenvalue weighted by atomic mass is 10.0. The number of phenols is 2. The van der Waals surface area contributed by atoms with Gasteiger partial charge in [0.25, 0.3) is 0 Å². The Morgan fingerprint density at radius 2 is 1.73 bits per heavy atom. The van der Waals surface area contributed by atoms with E-state index in [9.17, 15) is 19.8 Å². The minimum atomic E-state index is -0.362. The van der Waals surface area contributed by atoms with Gasteiger partial charge in [-0.15, -0.1) is 0 Å². The average molecular weight is 404 g/mol. The summed E-state index contributed by atoms with van der Waals surface area (Å²) in [6, 6.07) is 12.9. The highest BCUT2D eigenvalue weighted by Crippen LogP contribution is 2.27. The normalized spacial score (nSPS) is 11.0. The Balaban J connectivity index is 1.65. The van der Waals surface area contributed by atoms with Crippen molar-refractivity contribution in [2.45, 2.75) is 20.3 Å². The number of anilines is 1. The molecule has 0 radical (unpaired) electrons.